The van der Waals surface area contributed by atoms with E-state index in [0.717, 1.165) is 0 Å². The number of amides is 1. The highest BCUT2D eigenvalue weighted by molar-refractivity contribution is 5.69. The number of pyridine rings is 1. The highest BCUT2D eigenvalue weighted by atomic mass is 16.6. The Labute approximate surface area is 117 Å². The monoisotopic (exact) mass is 275 g/mol. The van der Waals surface area contributed by atoms with Crippen LogP contribution in [0.3, 0.4) is 0 Å². The smallest absolute Gasteiger partial charge is 0.410 e. The van der Waals surface area contributed by atoms with Gasteiger partial charge in [0.25, 0.3) is 0 Å². The maximum absolute atomic E-state index is 11.7. The summed E-state index contributed by atoms with van der Waals surface area (Å²) >= 11 is 0. The lowest BCUT2D eigenvalue weighted by Crippen LogP contribution is -2.57. The molecule has 1 aromatic rings. The molecule has 1 fully saturated rings. The Balaban J connectivity index is 1.86. The largest absolute Gasteiger partial charge is 0.484 e. The van der Waals surface area contributed by atoms with Crippen LogP contribution in [0.15, 0.2) is 18.3 Å². The van der Waals surface area contributed by atoms with Gasteiger partial charge >= 0.3 is 6.09 Å². The third-order valence-electron chi connectivity index (χ3n) is 2.67. The lowest BCUT2D eigenvalue weighted by Gasteiger charge is -2.39. The van der Waals surface area contributed by atoms with E-state index < -0.39 is 5.60 Å². The van der Waals surface area contributed by atoms with Gasteiger partial charge in [0.05, 0.1) is 13.1 Å². The van der Waals surface area contributed by atoms with E-state index in [-0.39, 0.29) is 17.9 Å². The molecule has 6 nitrogen and oxygen atoms in total. The summed E-state index contributed by atoms with van der Waals surface area (Å²) in [5.41, 5.74) is -0.247. The first-order valence-corrected chi connectivity index (χ1v) is 6.39. The average Bonchev–Trinajstić information content (AvgIpc) is 2.31. The van der Waals surface area contributed by atoms with Gasteiger partial charge in [-0.2, -0.15) is 5.26 Å². The summed E-state index contributed by atoms with van der Waals surface area (Å²) in [5, 5.41) is 8.91. The molecule has 1 aromatic heterocycles. The molecule has 1 aliphatic rings. The van der Waals surface area contributed by atoms with Crippen LogP contribution in [0.5, 0.6) is 5.75 Å². The van der Waals surface area contributed by atoms with Gasteiger partial charge in [0, 0.05) is 6.20 Å². The van der Waals surface area contributed by atoms with Crippen LogP contribution in [0, 0.1) is 11.3 Å². The predicted molar refractivity (Wildman–Crippen MR) is 71.2 cm³/mol. The molecule has 2 heterocycles. The SMILES string of the molecule is CC(C)(C)OC(=O)N1CC(Oc2cccnc2C#N)C1. The molecular formula is C14H17N3O3. The summed E-state index contributed by atoms with van der Waals surface area (Å²) in [6.07, 6.45) is 1.07. The summed E-state index contributed by atoms with van der Waals surface area (Å²) in [6, 6.07) is 5.38. The molecule has 0 radical (unpaired) electrons. The van der Waals surface area contributed by atoms with E-state index in [1.54, 1.807) is 23.2 Å². The quantitative estimate of drug-likeness (QED) is 0.824. The van der Waals surface area contributed by atoms with E-state index >= 15 is 0 Å². The van der Waals surface area contributed by atoms with Gasteiger partial charge in [-0.1, -0.05) is 0 Å². The normalized spacial score (nSPS) is 15.2. The van der Waals surface area contributed by atoms with Crippen molar-refractivity contribution < 1.29 is 14.3 Å². The van der Waals surface area contributed by atoms with Gasteiger partial charge in [-0.15, -0.1) is 0 Å². The Bertz CT molecular complexity index is 539. The minimum absolute atomic E-state index is 0.126. The third kappa shape index (κ3) is 3.38. The van der Waals surface area contributed by atoms with Crippen LogP contribution in [-0.4, -0.2) is 40.8 Å². The van der Waals surface area contributed by atoms with Gasteiger partial charge in [0.1, 0.15) is 17.8 Å². The highest BCUT2D eigenvalue weighted by Crippen LogP contribution is 2.21. The Morgan fingerprint density at radius 2 is 2.20 bits per heavy atom. The molecule has 6 heteroatoms. The van der Waals surface area contributed by atoms with Crippen molar-refractivity contribution in [3.63, 3.8) is 0 Å². The predicted octanol–water partition coefficient (Wildman–Crippen LogP) is 1.95. The van der Waals surface area contributed by atoms with Crippen molar-refractivity contribution in [1.82, 2.24) is 9.88 Å². The number of likely N-dealkylation sites (tertiary alicyclic amines) is 1. The maximum Gasteiger partial charge on any atom is 0.410 e. The van der Waals surface area contributed by atoms with Crippen LogP contribution in [0.2, 0.25) is 0 Å². The van der Waals surface area contributed by atoms with Gasteiger partial charge in [-0.25, -0.2) is 9.78 Å². The number of nitriles is 1. The number of carbonyl (C=O) groups is 1. The molecule has 0 spiro atoms. The summed E-state index contributed by atoms with van der Waals surface area (Å²) in [6.45, 7) is 6.39. The number of rotatable bonds is 2. The Kier molecular flexibility index (Phi) is 3.79. The first-order chi connectivity index (χ1) is 9.39. The van der Waals surface area contributed by atoms with Crippen molar-refractivity contribution in [2.75, 3.05) is 13.1 Å². The molecular weight excluding hydrogens is 258 g/mol. The van der Waals surface area contributed by atoms with Gasteiger partial charge in [-0.3, -0.25) is 0 Å². The fraction of sp³-hybridized carbons (Fsp3) is 0.500. The lowest BCUT2D eigenvalue weighted by atomic mass is 10.1. The fourth-order valence-electron chi connectivity index (χ4n) is 1.74. The van der Waals surface area contributed by atoms with Crippen molar-refractivity contribution in [1.29, 1.82) is 5.26 Å². The zero-order valence-electron chi connectivity index (χ0n) is 11.8. The maximum atomic E-state index is 11.7. The number of ether oxygens (including phenoxy) is 2. The summed E-state index contributed by atoms with van der Waals surface area (Å²) in [4.78, 5) is 17.2. The van der Waals surface area contributed by atoms with Gasteiger partial charge in [0.2, 0.25) is 0 Å². The van der Waals surface area contributed by atoms with E-state index in [2.05, 4.69) is 4.98 Å². The average molecular weight is 275 g/mol. The summed E-state index contributed by atoms with van der Waals surface area (Å²) in [5.74, 6) is 0.448. The molecule has 0 aromatic carbocycles. The number of nitrogens with zero attached hydrogens (tertiary/aromatic N) is 3. The Morgan fingerprint density at radius 1 is 1.50 bits per heavy atom. The fourth-order valence-corrected chi connectivity index (χ4v) is 1.74. The van der Waals surface area contributed by atoms with Crippen LogP contribution in [0.1, 0.15) is 26.5 Å². The number of aromatic nitrogens is 1. The first kappa shape index (κ1) is 14.1. The van der Waals surface area contributed by atoms with E-state index in [0.29, 0.717) is 18.8 Å². The molecule has 0 saturated carbocycles. The van der Waals surface area contributed by atoms with Gasteiger partial charge in [0.15, 0.2) is 11.4 Å². The van der Waals surface area contributed by atoms with Crippen molar-refractivity contribution in [3.8, 4) is 11.8 Å². The molecule has 1 amide bonds. The second-order valence-electron chi connectivity index (χ2n) is 5.59. The molecule has 0 unspecified atom stereocenters. The highest BCUT2D eigenvalue weighted by Gasteiger charge is 2.35. The zero-order chi connectivity index (χ0) is 14.8. The third-order valence-corrected chi connectivity index (χ3v) is 2.67. The molecule has 1 aliphatic heterocycles. The molecule has 0 aliphatic carbocycles. The summed E-state index contributed by atoms with van der Waals surface area (Å²) < 4.78 is 10.9. The first-order valence-electron chi connectivity index (χ1n) is 6.39. The molecule has 1 saturated heterocycles. The van der Waals surface area contributed by atoms with Crippen molar-refractivity contribution in [2.24, 2.45) is 0 Å². The Hall–Kier alpha value is -2.29. The van der Waals surface area contributed by atoms with E-state index in [1.165, 1.54) is 0 Å². The number of carbonyl (C=O) groups excluding carboxylic acids is 1. The minimum Gasteiger partial charge on any atom is -0.484 e. The van der Waals surface area contributed by atoms with Gasteiger partial charge < -0.3 is 14.4 Å². The summed E-state index contributed by atoms with van der Waals surface area (Å²) in [7, 11) is 0. The molecule has 2 rings (SSSR count). The number of hydrogen-bond donors (Lipinski definition) is 0. The molecule has 0 atom stereocenters. The van der Waals surface area contributed by atoms with Gasteiger partial charge in [-0.05, 0) is 32.9 Å². The molecule has 0 bridgehead atoms. The standard InChI is InChI=1S/C14H17N3O3/c1-14(2,3)20-13(18)17-8-10(9-17)19-12-5-4-6-16-11(12)7-15/h4-6,10H,8-9H2,1-3H3. The second-order valence-corrected chi connectivity index (χ2v) is 5.59. The van der Waals surface area contributed by atoms with Crippen LogP contribution in [0.25, 0.3) is 0 Å². The lowest BCUT2D eigenvalue weighted by molar-refractivity contribution is -0.0222. The van der Waals surface area contributed by atoms with Crippen molar-refractivity contribution >= 4 is 6.09 Å². The zero-order valence-corrected chi connectivity index (χ0v) is 11.8. The van der Waals surface area contributed by atoms with Crippen LogP contribution < -0.4 is 4.74 Å². The van der Waals surface area contributed by atoms with E-state index in [9.17, 15) is 4.79 Å². The number of hydrogen-bond acceptors (Lipinski definition) is 5. The van der Waals surface area contributed by atoms with E-state index in [4.69, 9.17) is 14.7 Å². The minimum atomic E-state index is -0.500. The van der Waals surface area contributed by atoms with Crippen LogP contribution >= 0.6 is 0 Å². The van der Waals surface area contributed by atoms with Crippen molar-refractivity contribution in [3.05, 3.63) is 24.0 Å². The van der Waals surface area contributed by atoms with E-state index in [1.807, 2.05) is 26.8 Å². The van der Waals surface area contributed by atoms with Crippen molar-refractivity contribution in [2.45, 2.75) is 32.5 Å². The van der Waals surface area contributed by atoms with Crippen LogP contribution in [0.4, 0.5) is 4.79 Å². The second kappa shape index (κ2) is 5.37. The Morgan fingerprint density at radius 3 is 2.80 bits per heavy atom. The molecule has 20 heavy (non-hydrogen) atoms. The topological polar surface area (TPSA) is 75.4 Å². The molecule has 106 valence electrons. The van der Waals surface area contributed by atoms with Crippen LogP contribution in [-0.2, 0) is 4.74 Å². The molecule has 0 N–H and O–H groups in total.